The fourth-order valence-electron chi connectivity index (χ4n) is 0.830. The average Bonchev–Trinajstić information content (AvgIpc) is 2.09. The van der Waals surface area contributed by atoms with Crippen molar-refractivity contribution in [3.63, 3.8) is 0 Å². The smallest absolute Gasteiger partial charge is 0.269 e. The molecule has 0 aliphatic carbocycles. The van der Waals surface area contributed by atoms with Gasteiger partial charge in [0.05, 0.1) is 5.56 Å². The molecule has 1 aromatic heterocycles. The highest BCUT2D eigenvalue weighted by atomic mass is 16.1. The van der Waals surface area contributed by atoms with Crippen LogP contribution in [0.3, 0.4) is 0 Å². The molecule has 4 heteroatoms. The summed E-state index contributed by atoms with van der Waals surface area (Å²) in [6.07, 6.45) is 1.46. The molecule has 4 nitrogen and oxygen atoms in total. The number of nitriles is 2. The normalized spacial score (nSPS) is 8.58. The van der Waals surface area contributed by atoms with Gasteiger partial charge in [-0.1, -0.05) is 0 Å². The van der Waals surface area contributed by atoms with Crippen molar-refractivity contribution in [2.45, 2.75) is 0 Å². The van der Waals surface area contributed by atoms with E-state index < -0.39 is 5.56 Å². The van der Waals surface area contributed by atoms with Crippen molar-refractivity contribution in [1.29, 1.82) is 10.5 Å². The van der Waals surface area contributed by atoms with Gasteiger partial charge in [-0.3, -0.25) is 4.79 Å². The molecule has 0 saturated carbocycles. The minimum absolute atomic E-state index is 0.0949. The number of aromatic nitrogens is 1. The molecule has 0 atom stereocenters. The predicted octanol–water partition coefficient (Wildman–Crippen LogP) is 0.129. The number of nitrogens with zero attached hydrogens (tertiary/aromatic N) is 3. The molecule has 58 valence electrons. The SMILES string of the molecule is Cn1ccc(C#N)c(C#N)c1=O. The first-order valence-corrected chi connectivity index (χ1v) is 3.20. The third-order valence-electron chi connectivity index (χ3n) is 1.50. The van der Waals surface area contributed by atoms with Crippen LogP contribution in [0.4, 0.5) is 0 Å². The van der Waals surface area contributed by atoms with Gasteiger partial charge in [0.1, 0.15) is 17.7 Å². The Kier molecular flexibility index (Phi) is 1.94. The Morgan fingerprint density at radius 2 is 2.08 bits per heavy atom. The fraction of sp³-hybridized carbons (Fsp3) is 0.125. The number of pyridine rings is 1. The summed E-state index contributed by atoms with van der Waals surface area (Å²) in [4.78, 5) is 11.2. The van der Waals surface area contributed by atoms with Crippen molar-refractivity contribution >= 4 is 0 Å². The molecule has 0 aliphatic rings. The molecule has 0 amide bonds. The summed E-state index contributed by atoms with van der Waals surface area (Å²) in [6.45, 7) is 0. The van der Waals surface area contributed by atoms with E-state index in [0.717, 1.165) is 0 Å². The number of rotatable bonds is 0. The van der Waals surface area contributed by atoms with Crippen LogP contribution in [-0.2, 0) is 7.05 Å². The topological polar surface area (TPSA) is 69.6 Å². The van der Waals surface area contributed by atoms with Crippen molar-refractivity contribution in [3.8, 4) is 12.1 Å². The van der Waals surface area contributed by atoms with Gasteiger partial charge in [0.25, 0.3) is 5.56 Å². The summed E-state index contributed by atoms with van der Waals surface area (Å²) in [5.74, 6) is 0. The molecule has 12 heavy (non-hydrogen) atoms. The molecule has 0 fully saturated rings. The highest BCUT2D eigenvalue weighted by Gasteiger charge is 2.06. The predicted molar refractivity (Wildman–Crippen MR) is 41.1 cm³/mol. The number of hydrogen-bond acceptors (Lipinski definition) is 3. The van der Waals surface area contributed by atoms with E-state index in [4.69, 9.17) is 10.5 Å². The summed E-state index contributed by atoms with van der Waals surface area (Å²) >= 11 is 0. The standard InChI is InChI=1S/C8H5N3O/c1-11-3-2-6(4-9)7(5-10)8(11)12/h2-3H,1H3. The maximum absolute atomic E-state index is 11.2. The Morgan fingerprint density at radius 1 is 1.42 bits per heavy atom. The summed E-state index contributed by atoms with van der Waals surface area (Å²) in [5, 5.41) is 17.1. The van der Waals surface area contributed by atoms with Gasteiger partial charge in [0.2, 0.25) is 0 Å². The van der Waals surface area contributed by atoms with E-state index in [1.54, 1.807) is 12.1 Å². The van der Waals surface area contributed by atoms with Gasteiger partial charge in [-0.2, -0.15) is 10.5 Å². The van der Waals surface area contributed by atoms with Gasteiger partial charge in [-0.05, 0) is 6.07 Å². The van der Waals surface area contributed by atoms with E-state index in [1.165, 1.54) is 23.9 Å². The molecule has 0 aliphatic heterocycles. The van der Waals surface area contributed by atoms with E-state index >= 15 is 0 Å². The molecule has 0 radical (unpaired) electrons. The van der Waals surface area contributed by atoms with Crippen molar-refractivity contribution in [2.24, 2.45) is 7.05 Å². The second kappa shape index (κ2) is 2.89. The van der Waals surface area contributed by atoms with Crippen LogP contribution in [0.15, 0.2) is 17.1 Å². The highest BCUT2D eigenvalue weighted by molar-refractivity contribution is 5.43. The molecule has 0 saturated heterocycles. The first-order chi connectivity index (χ1) is 5.70. The zero-order valence-corrected chi connectivity index (χ0v) is 6.40. The first kappa shape index (κ1) is 8.03. The molecule has 0 bridgehead atoms. The molecule has 1 rings (SSSR count). The van der Waals surface area contributed by atoms with Crippen LogP contribution >= 0.6 is 0 Å². The van der Waals surface area contributed by atoms with Crippen molar-refractivity contribution in [2.75, 3.05) is 0 Å². The maximum Gasteiger partial charge on any atom is 0.269 e. The molecule has 0 spiro atoms. The van der Waals surface area contributed by atoms with Crippen molar-refractivity contribution in [3.05, 3.63) is 33.7 Å². The number of aryl methyl sites for hydroxylation is 1. The van der Waals surface area contributed by atoms with Crippen LogP contribution in [0.2, 0.25) is 0 Å². The van der Waals surface area contributed by atoms with Gasteiger partial charge in [0, 0.05) is 13.2 Å². The molecule has 1 heterocycles. The second-order valence-corrected chi connectivity index (χ2v) is 2.24. The van der Waals surface area contributed by atoms with E-state index in [2.05, 4.69) is 0 Å². The Bertz CT molecular complexity index is 445. The van der Waals surface area contributed by atoms with Crippen LogP contribution in [0.1, 0.15) is 11.1 Å². The average molecular weight is 159 g/mol. The fourth-order valence-corrected chi connectivity index (χ4v) is 0.830. The molecule has 1 aromatic rings. The van der Waals surface area contributed by atoms with Gasteiger partial charge >= 0.3 is 0 Å². The Balaban J connectivity index is 3.64. The van der Waals surface area contributed by atoms with Crippen LogP contribution < -0.4 is 5.56 Å². The van der Waals surface area contributed by atoms with Crippen molar-refractivity contribution in [1.82, 2.24) is 4.57 Å². The summed E-state index contributed by atoms with van der Waals surface area (Å²) < 4.78 is 1.26. The monoisotopic (exact) mass is 159 g/mol. The lowest BCUT2D eigenvalue weighted by atomic mass is 10.2. The lowest BCUT2D eigenvalue weighted by Crippen LogP contribution is -2.19. The molecule has 0 unspecified atom stereocenters. The van der Waals surface area contributed by atoms with Crippen LogP contribution in [0.5, 0.6) is 0 Å². The largest absolute Gasteiger partial charge is 0.317 e. The minimum atomic E-state index is -0.434. The van der Waals surface area contributed by atoms with Crippen LogP contribution in [0.25, 0.3) is 0 Å². The zero-order chi connectivity index (χ0) is 9.14. The quantitative estimate of drug-likeness (QED) is 0.540. The number of hydrogen-bond donors (Lipinski definition) is 0. The van der Waals surface area contributed by atoms with Crippen molar-refractivity contribution < 1.29 is 0 Å². The first-order valence-electron chi connectivity index (χ1n) is 3.20. The zero-order valence-electron chi connectivity index (χ0n) is 6.40. The van der Waals surface area contributed by atoms with Gasteiger partial charge < -0.3 is 4.57 Å². The van der Waals surface area contributed by atoms with Gasteiger partial charge in [0.15, 0.2) is 0 Å². The summed E-state index contributed by atoms with van der Waals surface area (Å²) in [5.41, 5.74) is -0.403. The second-order valence-electron chi connectivity index (χ2n) is 2.24. The molecular weight excluding hydrogens is 154 g/mol. The van der Waals surface area contributed by atoms with Gasteiger partial charge in [-0.15, -0.1) is 0 Å². The summed E-state index contributed by atoms with van der Waals surface area (Å²) in [6, 6.07) is 4.92. The maximum atomic E-state index is 11.2. The third-order valence-corrected chi connectivity index (χ3v) is 1.50. The Hall–Kier alpha value is -2.07. The molecular formula is C8H5N3O. The van der Waals surface area contributed by atoms with E-state index in [1.807, 2.05) is 0 Å². The Morgan fingerprint density at radius 3 is 2.58 bits per heavy atom. The molecule has 0 N–H and O–H groups in total. The lowest BCUT2D eigenvalue weighted by molar-refractivity contribution is 0.853. The van der Waals surface area contributed by atoms with Gasteiger partial charge in [-0.25, -0.2) is 0 Å². The van der Waals surface area contributed by atoms with E-state index in [0.29, 0.717) is 0 Å². The highest BCUT2D eigenvalue weighted by Crippen LogP contribution is 1.98. The summed E-state index contributed by atoms with van der Waals surface area (Å²) in [7, 11) is 1.53. The van der Waals surface area contributed by atoms with E-state index in [-0.39, 0.29) is 11.1 Å². The molecule has 0 aromatic carbocycles. The van der Waals surface area contributed by atoms with Crippen LogP contribution in [-0.4, -0.2) is 4.57 Å². The lowest BCUT2D eigenvalue weighted by Gasteiger charge is -1.96. The Labute approximate surface area is 68.9 Å². The third kappa shape index (κ3) is 1.06. The minimum Gasteiger partial charge on any atom is -0.317 e. The van der Waals surface area contributed by atoms with E-state index in [9.17, 15) is 4.79 Å². The van der Waals surface area contributed by atoms with Crippen LogP contribution in [0, 0.1) is 22.7 Å².